The fourth-order valence-electron chi connectivity index (χ4n) is 2.89. The van der Waals surface area contributed by atoms with Crippen LogP contribution in [-0.2, 0) is 16.1 Å². The summed E-state index contributed by atoms with van der Waals surface area (Å²) in [6.07, 6.45) is 2.48. The number of hydrogen-bond donors (Lipinski definition) is 1. The summed E-state index contributed by atoms with van der Waals surface area (Å²) in [7, 11) is 1.64. The van der Waals surface area contributed by atoms with Crippen molar-refractivity contribution in [2.45, 2.75) is 51.8 Å². The fourth-order valence-corrected chi connectivity index (χ4v) is 2.89. The molecule has 1 aliphatic heterocycles. The number of nitrogens with one attached hydrogen (secondary N) is 1. The zero-order valence-corrected chi connectivity index (χ0v) is 15.7. The van der Waals surface area contributed by atoms with Gasteiger partial charge >= 0.3 is 11.8 Å². The van der Waals surface area contributed by atoms with Gasteiger partial charge < -0.3 is 14.5 Å². The van der Waals surface area contributed by atoms with Crippen molar-refractivity contribution in [3.05, 3.63) is 33.1 Å². The summed E-state index contributed by atoms with van der Waals surface area (Å²) in [5, 5.41) is 0. The number of likely N-dealkylation sites (N-methyl/N-ethyl adjacent to an activating group) is 1. The standard InChI is InChI=1S/C17H26N4O5/c1-17(2,3)26-16(25)19(4)10-12-6-5-8-21(12)14(23)11-20-9-7-13(22)18-15(20)24/h7,9,12H,5-6,8,10-11H2,1-4H3,(H,18,22,24)/t12-/m0/s1. The van der Waals surface area contributed by atoms with Crippen LogP contribution in [0.5, 0.6) is 0 Å². The maximum absolute atomic E-state index is 12.6. The molecule has 1 aromatic rings. The van der Waals surface area contributed by atoms with Crippen molar-refractivity contribution in [1.29, 1.82) is 0 Å². The molecule has 0 aliphatic carbocycles. The summed E-state index contributed by atoms with van der Waals surface area (Å²) in [5.74, 6) is -0.223. The van der Waals surface area contributed by atoms with Gasteiger partial charge in [-0.05, 0) is 33.6 Å². The quantitative estimate of drug-likeness (QED) is 0.830. The van der Waals surface area contributed by atoms with Crippen LogP contribution >= 0.6 is 0 Å². The third-order valence-electron chi connectivity index (χ3n) is 4.09. The van der Waals surface area contributed by atoms with Crippen molar-refractivity contribution in [2.75, 3.05) is 20.1 Å². The van der Waals surface area contributed by atoms with Crippen LogP contribution in [0.1, 0.15) is 33.6 Å². The van der Waals surface area contributed by atoms with E-state index in [1.165, 1.54) is 17.2 Å². The predicted octanol–water partition coefficient (Wildman–Crippen LogP) is 0.395. The van der Waals surface area contributed by atoms with Gasteiger partial charge in [-0.3, -0.25) is 19.1 Å². The van der Waals surface area contributed by atoms with Crippen molar-refractivity contribution >= 4 is 12.0 Å². The Bertz CT molecular complexity index is 776. The first-order valence-electron chi connectivity index (χ1n) is 8.60. The summed E-state index contributed by atoms with van der Waals surface area (Å²) in [6, 6.07) is 1.07. The Hall–Kier alpha value is -2.58. The van der Waals surface area contributed by atoms with Crippen LogP contribution in [0.4, 0.5) is 4.79 Å². The van der Waals surface area contributed by atoms with Gasteiger partial charge in [0.05, 0.1) is 0 Å². The summed E-state index contributed by atoms with van der Waals surface area (Å²) >= 11 is 0. The maximum Gasteiger partial charge on any atom is 0.410 e. The largest absolute Gasteiger partial charge is 0.444 e. The van der Waals surface area contributed by atoms with E-state index in [0.717, 1.165) is 17.4 Å². The fraction of sp³-hybridized carbons (Fsp3) is 0.647. The molecule has 2 heterocycles. The number of rotatable bonds is 4. The molecule has 0 aromatic carbocycles. The summed E-state index contributed by atoms with van der Waals surface area (Å²) in [6.45, 7) is 6.18. The van der Waals surface area contributed by atoms with Gasteiger partial charge in [-0.2, -0.15) is 0 Å². The van der Waals surface area contributed by atoms with Gasteiger partial charge in [0.1, 0.15) is 12.1 Å². The molecule has 1 atom stereocenters. The average Bonchev–Trinajstić information content (AvgIpc) is 2.96. The Morgan fingerprint density at radius 2 is 2.04 bits per heavy atom. The first-order valence-corrected chi connectivity index (χ1v) is 8.60. The number of carbonyl (C=O) groups excluding carboxylic acids is 2. The Morgan fingerprint density at radius 1 is 1.35 bits per heavy atom. The van der Waals surface area contributed by atoms with Crippen molar-refractivity contribution in [1.82, 2.24) is 19.4 Å². The second-order valence-electron chi connectivity index (χ2n) is 7.48. The second kappa shape index (κ2) is 7.76. The molecule has 1 saturated heterocycles. The lowest BCUT2D eigenvalue weighted by Crippen LogP contribution is -2.46. The third-order valence-corrected chi connectivity index (χ3v) is 4.09. The molecule has 1 aliphatic rings. The highest BCUT2D eigenvalue weighted by Gasteiger charge is 2.31. The first-order chi connectivity index (χ1) is 12.1. The molecule has 2 amide bonds. The summed E-state index contributed by atoms with van der Waals surface area (Å²) < 4.78 is 6.50. The molecule has 1 aromatic heterocycles. The molecule has 1 fully saturated rings. The molecule has 0 bridgehead atoms. The Labute approximate surface area is 151 Å². The Balaban J connectivity index is 2.00. The van der Waals surface area contributed by atoms with E-state index in [0.29, 0.717) is 13.1 Å². The minimum atomic E-state index is -0.618. The number of aromatic nitrogens is 2. The van der Waals surface area contributed by atoms with E-state index in [-0.39, 0.29) is 18.5 Å². The molecule has 9 nitrogen and oxygen atoms in total. The van der Waals surface area contributed by atoms with Crippen LogP contribution in [0.15, 0.2) is 21.9 Å². The summed E-state index contributed by atoms with van der Waals surface area (Å²) in [5.41, 5.74) is -1.70. The van der Waals surface area contributed by atoms with Crippen molar-refractivity contribution in [2.24, 2.45) is 0 Å². The zero-order valence-electron chi connectivity index (χ0n) is 15.7. The number of aromatic amines is 1. The average molecular weight is 366 g/mol. The summed E-state index contributed by atoms with van der Waals surface area (Å²) in [4.78, 5) is 52.8. The highest BCUT2D eigenvalue weighted by atomic mass is 16.6. The zero-order chi connectivity index (χ0) is 19.5. The molecule has 1 N–H and O–H groups in total. The van der Waals surface area contributed by atoms with Gasteiger partial charge in [0.15, 0.2) is 0 Å². The third kappa shape index (κ3) is 5.21. The molecule has 0 radical (unpaired) electrons. The van der Waals surface area contributed by atoms with Crippen LogP contribution < -0.4 is 11.2 Å². The predicted molar refractivity (Wildman–Crippen MR) is 94.9 cm³/mol. The smallest absolute Gasteiger partial charge is 0.410 e. The van der Waals surface area contributed by atoms with E-state index < -0.39 is 22.9 Å². The van der Waals surface area contributed by atoms with Gasteiger partial charge in [0.25, 0.3) is 5.56 Å². The number of carbonyl (C=O) groups is 2. The van der Waals surface area contributed by atoms with Gasteiger partial charge in [0.2, 0.25) is 5.91 Å². The molecule has 0 spiro atoms. The molecule has 26 heavy (non-hydrogen) atoms. The SMILES string of the molecule is CN(C[C@@H]1CCCN1C(=O)Cn1ccc(=O)[nH]c1=O)C(=O)OC(C)(C)C. The van der Waals surface area contributed by atoms with Crippen LogP contribution in [0.25, 0.3) is 0 Å². The second-order valence-corrected chi connectivity index (χ2v) is 7.48. The molecule has 0 saturated carbocycles. The van der Waals surface area contributed by atoms with Crippen molar-refractivity contribution in [3.8, 4) is 0 Å². The first kappa shape index (κ1) is 19.7. The Kier molecular flexibility index (Phi) is 5.89. The molecule has 2 rings (SSSR count). The van der Waals surface area contributed by atoms with Gasteiger partial charge in [-0.25, -0.2) is 9.59 Å². The lowest BCUT2D eigenvalue weighted by molar-refractivity contribution is -0.133. The van der Waals surface area contributed by atoms with E-state index in [1.54, 1.807) is 32.7 Å². The van der Waals surface area contributed by atoms with Crippen molar-refractivity contribution < 1.29 is 14.3 Å². The van der Waals surface area contributed by atoms with E-state index in [9.17, 15) is 19.2 Å². The number of amides is 2. The lowest BCUT2D eigenvalue weighted by atomic mass is 10.2. The normalized spacial score (nSPS) is 17.2. The maximum atomic E-state index is 12.6. The topological polar surface area (TPSA) is 105 Å². The number of likely N-dealkylation sites (tertiary alicyclic amines) is 1. The van der Waals surface area contributed by atoms with E-state index >= 15 is 0 Å². The highest BCUT2D eigenvalue weighted by molar-refractivity contribution is 5.76. The molecule has 9 heteroatoms. The number of ether oxygens (including phenoxy) is 1. The van der Waals surface area contributed by atoms with E-state index in [4.69, 9.17) is 4.74 Å². The van der Waals surface area contributed by atoms with Crippen LogP contribution in [0, 0.1) is 0 Å². The van der Waals surface area contributed by atoms with Crippen LogP contribution in [-0.4, -0.2) is 63.1 Å². The Morgan fingerprint density at radius 3 is 2.65 bits per heavy atom. The van der Waals surface area contributed by atoms with Gasteiger partial charge in [0, 0.05) is 38.4 Å². The molecular weight excluding hydrogens is 340 g/mol. The molecule has 0 unspecified atom stereocenters. The van der Waals surface area contributed by atoms with Crippen LogP contribution in [0.2, 0.25) is 0 Å². The minimum absolute atomic E-state index is 0.126. The number of H-pyrrole nitrogens is 1. The van der Waals surface area contributed by atoms with Gasteiger partial charge in [-0.15, -0.1) is 0 Å². The van der Waals surface area contributed by atoms with E-state index in [1.807, 2.05) is 0 Å². The molecule has 144 valence electrons. The van der Waals surface area contributed by atoms with Crippen LogP contribution in [0.3, 0.4) is 0 Å². The van der Waals surface area contributed by atoms with E-state index in [2.05, 4.69) is 4.98 Å². The lowest BCUT2D eigenvalue weighted by Gasteiger charge is -2.30. The monoisotopic (exact) mass is 366 g/mol. The number of hydrogen-bond acceptors (Lipinski definition) is 5. The number of nitrogens with zero attached hydrogens (tertiary/aromatic N) is 3. The van der Waals surface area contributed by atoms with Crippen molar-refractivity contribution in [3.63, 3.8) is 0 Å². The van der Waals surface area contributed by atoms with Gasteiger partial charge in [-0.1, -0.05) is 0 Å². The highest BCUT2D eigenvalue weighted by Crippen LogP contribution is 2.19. The minimum Gasteiger partial charge on any atom is -0.444 e. The molecular formula is C17H26N4O5.